The molecule has 0 radical (unpaired) electrons. The van der Waals surface area contributed by atoms with Gasteiger partial charge in [-0.05, 0) is 19.9 Å². The van der Waals surface area contributed by atoms with Gasteiger partial charge in [0, 0.05) is 11.3 Å². The second kappa shape index (κ2) is 5.04. The molecule has 1 aromatic carbocycles. The largest absolute Gasteiger partial charge is 0.496 e. The third-order valence-corrected chi connectivity index (χ3v) is 3.07. The molecule has 1 aromatic heterocycles. The molecule has 1 heterocycles. The molecule has 2 aromatic rings. The van der Waals surface area contributed by atoms with E-state index in [1.54, 1.807) is 7.11 Å². The molecule has 0 saturated heterocycles. The smallest absolute Gasteiger partial charge is 0.153 e. The molecule has 0 amide bonds. The van der Waals surface area contributed by atoms with E-state index < -0.39 is 0 Å². The quantitative estimate of drug-likeness (QED) is 0.775. The Morgan fingerprint density at radius 3 is 2.67 bits per heavy atom. The standard InChI is InChI=1S/C14H16N2O2/c1-10-13(9-17)11(2)16(15-10)8-12-6-4-5-7-14(12)18-3/h4-7,9H,8H2,1-3H3. The zero-order chi connectivity index (χ0) is 13.1. The van der Waals surface area contributed by atoms with Gasteiger partial charge in [-0.1, -0.05) is 18.2 Å². The predicted octanol–water partition coefficient (Wildman–Crippen LogP) is 2.37. The molecule has 0 spiro atoms. The number of hydrogen-bond donors (Lipinski definition) is 0. The van der Waals surface area contributed by atoms with Crippen molar-refractivity contribution in [2.75, 3.05) is 7.11 Å². The maximum Gasteiger partial charge on any atom is 0.153 e. The summed E-state index contributed by atoms with van der Waals surface area (Å²) in [5.41, 5.74) is 3.36. The number of rotatable bonds is 4. The van der Waals surface area contributed by atoms with Gasteiger partial charge in [0.2, 0.25) is 0 Å². The average Bonchev–Trinajstić information content (AvgIpc) is 2.65. The van der Waals surface area contributed by atoms with Crippen LogP contribution in [0.25, 0.3) is 0 Å². The number of methoxy groups -OCH3 is 1. The van der Waals surface area contributed by atoms with Gasteiger partial charge < -0.3 is 4.74 Å². The Balaban J connectivity index is 2.37. The molecule has 4 nitrogen and oxygen atoms in total. The van der Waals surface area contributed by atoms with Gasteiger partial charge in [0.1, 0.15) is 5.75 Å². The van der Waals surface area contributed by atoms with E-state index >= 15 is 0 Å². The highest BCUT2D eigenvalue weighted by Crippen LogP contribution is 2.20. The molecule has 94 valence electrons. The predicted molar refractivity (Wildman–Crippen MR) is 69.2 cm³/mol. The third-order valence-electron chi connectivity index (χ3n) is 3.07. The maximum absolute atomic E-state index is 11.0. The molecule has 0 N–H and O–H groups in total. The van der Waals surface area contributed by atoms with E-state index in [0.29, 0.717) is 12.1 Å². The zero-order valence-electron chi connectivity index (χ0n) is 10.8. The van der Waals surface area contributed by atoms with Crippen LogP contribution >= 0.6 is 0 Å². The Kier molecular flexibility index (Phi) is 3.46. The van der Waals surface area contributed by atoms with Crippen molar-refractivity contribution in [3.63, 3.8) is 0 Å². The van der Waals surface area contributed by atoms with Gasteiger partial charge in [-0.25, -0.2) is 0 Å². The van der Waals surface area contributed by atoms with E-state index in [4.69, 9.17) is 4.74 Å². The summed E-state index contributed by atoms with van der Waals surface area (Å²) in [4.78, 5) is 11.0. The highest BCUT2D eigenvalue weighted by atomic mass is 16.5. The molecule has 0 aliphatic rings. The monoisotopic (exact) mass is 244 g/mol. The van der Waals surface area contributed by atoms with Crippen LogP contribution in [0.1, 0.15) is 27.3 Å². The summed E-state index contributed by atoms with van der Waals surface area (Å²) in [7, 11) is 1.65. The zero-order valence-corrected chi connectivity index (χ0v) is 10.8. The van der Waals surface area contributed by atoms with E-state index in [2.05, 4.69) is 5.10 Å². The number of carbonyl (C=O) groups is 1. The van der Waals surface area contributed by atoms with Crippen molar-refractivity contribution in [1.82, 2.24) is 9.78 Å². The fourth-order valence-electron chi connectivity index (χ4n) is 2.03. The fraction of sp³-hybridized carbons (Fsp3) is 0.286. The molecule has 18 heavy (non-hydrogen) atoms. The van der Waals surface area contributed by atoms with Gasteiger partial charge in [0.25, 0.3) is 0 Å². The van der Waals surface area contributed by atoms with Crippen LogP contribution < -0.4 is 4.74 Å². The molecule has 4 heteroatoms. The summed E-state index contributed by atoms with van der Waals surface area (Å²) in [5, 5.41) is 4.38. The van der Waals surface area contributed by atoms with Gasteiger partial charge in [-0.2, -0.15) is 5.10 Å². The minimum atomic E-state index is 0.602. The number of benzene rings is 1. The molecule has 0 saturated carbocycles. The van der Waals surface area contributed by atoms with Crippen molar-refractivity contribution < 1.29 is 9.53 Å². The lowest BCUT2D eigenvalue weighted by Gasteiger charge is -2.09. The van der Waals surface area contributed by atoms with Crippen molar-refractivity contribution in [2.45, 2.75) is 20.4 Å². The van der Waals surface area contributed by atoms with E-state index in [1.807, 2.05) is 42.8 Å². The van der Waals surface area contributed by atoms with Crippen molar-refractivity contribution in [2.24, 2.45) is 0 Å². The number of para-hydroxylation sites is 1. The average molecular weight is 244 g/mol. The van der Waals surface area contributed by atoms with E-state index in [1.165, 1.54) is 0 Å². The Bertz CT molecular complexity index is 573. The van der Waals surface area contributed by atoms with Crippen molar-refractivity contribution in [3.8, 4) is 5.75 Å². The number of carbonyl (C=O) groups excluding carboxylic acids is 1. The summed E-state index contributed by atoms with van der Waals surface area (Å²) < 4.78 is 7.14. The second-order valence-electron chi connectivity index (χ2n) is 4.17. The molecular weight excluding hydrogens is 228 g/mol. The molecule has 0 bridgehead atoms. The van der Waals surface area contributed by atoms with E-state index in [0.717, 1.165) is 29.0 Å². The Morgan fingerprint density at radius 2 is 2.06 bits per heavy atom. The topological polar surface area (TPSA) is 44.1 Å². The third kappa shape index (κ3) is 2.14. The lowest BCUT2D eigenvalue weighted by molar-refractivity contribution is 0.112. The van der Waals surface area contributed by atoms with Crippen molar-refractivity contribution in [1.29, 1.82) is 0 Å². The lowest BCUT2D eigenvalue weighted by Crippen LogP contribution is -2.05. The number of aryl methyl sites for hydroxylation is 1. The molecular formula is C14H16N2O2. The first-order chi connectivity index (χ1) is 8.67. The fourth-order valence-corrected chi connectivity index (χ4v) is 2.03. The normalized spacial score (nSPS) is 10.4. The summed E-state index contributed by atoms with van der Waals surface area (Å²) in [6.45, 7) is 4.35. The van der Waals surface area contributed by atoms with Crippen LogP contribution in [-0.4, -0.2) is 23.2 Å². The van der Waals surface area contributed by atoms with Gasteiger partial charge >= 0.3 is 0 Å². The van der Waals surface area contributed by atoms with Gasteiger partial charge in [0.05, 0.1) is 24.9 Å². The number of hydrogen-bond acceptors (Lipinski definition) is 3. The minimum absolute atomic E-state index is 0.602. The molecule has 0 aliphatic heterocycles. The molecule has 0 unspecified atom stereocenters. The van der Waals surface area contributed by atoms with E-state index in [9.17, 15) is 4.79 Å². The van der Waals surface area contributed by atoms with E-state index in [-0.39, 0.29) is 0 Å². The molecule has 0 fully saturated rings. The van der Waals surface area contributed by atoms with Crippen molar-refractivity contribution >= 4 is 6.29 Å². The maximum atomic E-state index is 11.0. The summed E-state index contributed by atoms with van der Waals surface area (Å²) in [6.07, 6.45) is 0.858. The lowest BCUT2D eigenvalue weighted by atomic mass is 10.2. The van der Waals surface area contributed by atoms with Crippen LogP contribution in [0, 0.1) is 13.8 Å². The second-order valence-corrected chi connectivity index (χ2v) is 4.17. The van der Waals surface area contributed by atoms with Crippen LogP contribution in [0.3, 0.4) is 0 Å². The van der Waals surface area contributed by atoms with Crippen LogP contribution in [0.5, 0.6) is 5.75 Å². The Morgan fingerprint density at radius 1 is 1.33 bits per heavy atom. The first-order valence-electron chi connectivity index (χ1n) is 5.78. The Hall–Kier alpha value is -2.10. The highest BCUT2D eigenvalue weighted by Gasteiger charge is 2.12. The minimum Gasteiger partial charge on any atom is -0.496 e. The SMILES string of the molecule is COc1ccccc1Cn1nc(C)c(C=O)c1C. The van der Waals surface area contributed by atoms with Gasteiger partial charge in [-0.15, -0.1) is 0 Å². The summed E-state index contributed by atoms with van der Waals surface area (Å²) >= 11 is 0. The summed E-state index contributed by atoms with van der Waals surface area (Å²) in [5.74, 6) is 0.831. The van der Waals surface area contributed by atoms with Crippen molar-refractivity contribution in [3.05, 3.63) is 46.8 Å². The van der Waals surface area contributed by atoms with Crippen LogP contribution in [0.4, 0.5) is 0 Å². The van der Waals surface area contributed by atoms with Gasteiger partial charge in [0.15, 0.2) is 6.29 Å². The highest BCUT2D eigenvalue weighted by molar-refractivity contribution is 5.78. The Labute approximate surface area is 106 Å². The first-order valence-corrected chi connectivity index (χ1v) is 5.78. The first kappa shape index (κ1) is 12.4. The number of aromatic nitrogens is 2. The molecule has 0 atom stereocenters. The number of aldehydes is 1. The number of nitrogens with zero attached hydrogens (tertiary/aromatic N) is 2. The van der Waals surface area contributed by atoms with Crippen LogP contribution in [0.2, 0.25) is 0 Å². The number of ether oxygens (including phenoxy) is 1. The van der Waals surface area contributed by atoms with Crippen LogP contribution in [0.15, 0.2) is 24.3 Å². The molecule has 0 aliphatic carbocycles. The van der Waals surface area contributed by atoms with Gasteiger partial charge in [-0.3, -0.25) is 9.48 Å². The van der Waals surface area contributed by atoms with Crippen LogP contribution in [-0.2, 0) is 6.54 Å². The summed E-state index contributed by atoms with van der Waals surface area (Å²) in [6, 6.07) is 7.81. The molecule has 2 rings (SSSR count).